The fraction of sp³-hybridized carbons (Fsp3) is 0.700. The van der Waals surface area contributed by atoms with Crippen molar-refractivity contribution in [1.82, 2.24) is 5.32 Å². The molecular formula is C20H33N. The Morgan fingerprint density at radius 3 is 2.29 bits per heavy atom. The largest absolute Gasteiger partial charge is 0.313 e. The zero-order chi connectivity index (χ0) is 15.3. The second-order valence-electron chi connectivity index (χ2n) is 7.61. The van der Waals surface area contributed by atoms with Gasteiger partial charge in [0, 0.05) is 12.6 Å². The van der Waals surface area contributed by atoms with E-state index in [0.29, 0.717) is 11.3 Å². The summed E-state index contributed by atoms with van der Waals surface area (Å²) in [6.07, 6.45) is 6.82. The second kappa shape index (κ2) is 7.45. The summed E-state index contributed by atoms with van der Waals surface area (Å²) >= 11 is 0. The normalized spacial score (nSPS) is 24.8. The molecule has 1 atom stereocenters. The summed E-state index contributed by atoms with van der Waals surface area (Å²) in [5.41, 5.74) is 1.98. The monoisotopic (exact) mass is 287 g/mol. The Labute approximate surface area is 131 Å². The summed E-state index contributed by atoms with van der Waals surface area (Å²) in [4.78, 5) is 0. The lowest BCUT2D eigenvalue weighted by Crippen LogP contribution is -2.38. The number of rotatable bonds is 6. The van der Waals surface area contributed by atoms with E-state index < -0.39 is 0 Å². The second-order valence-corrected chi connectivity index (χ2v) is 7.61. The van der Waals surface area contributed by atoms with Gasteiger partial charge in [0.25, 0.3) is 0 Å². The molecular weight excluding hydrogens is 254 g/mol. The van der Waals surface area contributed by atoms with Crippen molar-refractivity contribution in [2.24, 2.45) is 11.3 Å². The van der Waals surface area contributed by atoms with Crippen LogP contribution in [0.25, 0.3) is 0 Å². The Kier molecular flexibility index (Phi) is 5.87. The van der Waals surface area contributed by atoms with Crippen molar-refractivity contribution < 1.29 is 0 Å². The Morgan fingerprint density at radius 2 is 1.71 bits per heavy atom. The van der Waals surface area contributed by atoms with E-state index in [-0.39, 0.29) is 0 Å². The van der Waals surface area contributed by atoms with E-state index >= 15 is 0 Å². The number of hydrogen-bond acceptors (Lipinski definition) is 1. The molecule has 2 rings (SSSR count). The van der Waals surface area contributed by atoms with E-state index in [0.717, 1.165) is 18.5 Å². The fourth-order valence-corrected chi connectivity index (χ4v) is 3.61. The van der Waals surface area contributed by atoms with E-state index in [9.17, 15) is 0 Å². The Morgan fingerprint density at radius 1 is 1.10 bits per heavy atom. The van der Waals surface area contributed by atoms with Crippen molar-refractivity contribution in [3.05, 3.63) is 35.9 Å². The van der Waals surface area contributed by atoms with Crippen LogP contribution in [0.4, 0.5) is 0 Å². The molecule has 1 unspecified atom stereocenters. The molecule has 0 amide bonds. The molecule has 1 aliphatic rings. The molecule has 0 aliphatic heterocycles. The molecule has 0 heterocycles. The van der Waals surface area contributed by atoms with Crippen LogP contribution in [0.15, 0.2) is 30.3 Å². The van der Waals surface area contributed by atoms with Crippen molar-refractivity contribution in [1.29, 1.82) is 0 Å². The Bertz CT molecular complexity index is 401. The van der Waals surface area contributed by atoms with Gasteiger partial charge in [-0.3, -0.25) is 0 Å². The van der Waals surface area contributed by atoms with Gasteiger partial charge in [-0.15, -0.1) is 0 Å². The summed E-state index contributed by atoms with van der Waals surface area (Å²) in [5, 5.41) is 3.81. The van der Waals surface area contributed by atoms with E-state index in [1.54, 1.807) is 0 Å². The fourth-order valence-electron chi connectivity index (χ4n) is 3.61. The zero-order valence-electron chi connectivity index (χ0n) is 14.4. The predicted molar refractivity (Wildman–Crippen MR) is 92.7 cm³/mol. The standard InChI is InChI=1S/C20H33N/c1-5-20(3,4)18-11-13-19(14-12-18)21-15-16(2)17-9-7-6-8-10-17/h6-10,16,18-19,21H,5,11-15H2,1-4H3. The molecule has 1 heteroatoms. The molecule has 1 nitrogen and oxygen atoms in total. The van der Waals surface area contributed by atoms with Crippen LogP contribution in [0.3, 0.4) is 0 Å². The van der Waals surface area contributed by atoms with Gasteiger partial charge < -0.3 is 5.32 Å². The predicted octanol–water partition coefficient (Wildman–Crippen LogP) is 5.37. The van der Waals surface area contributed by atoms with Crippen molar-refractivity contribution in [3.63, 3.8) is 0 Å². The molecule has 0 spiro atoms. The first-order valence-corrected chi connectivity index (χ1v) is 8.81. The van der Waals surface area contributed by atoms with Gasteiger partial charge in [0.15, 0.2) is 0 Å². The minimum atomic E-state index is 0.530. The third kappa shape index (κ3) is 4.57. The van der Waals surface area contributed by atoms with Crippen molar-refractivity contribution in [2.45, 2.75) is 71.8 Å². The lowest BCUT2D eigenvalue weighted by Gasteiger charge is -2.39. The average Bonchev–Trinajstić information content (AvgIpc) is 2.54. The lowest BCUT2D eigenvalue weighted by molar-refractivity contribution is 0.137. The van der Waals surface area contributed by atoms with E-state index in [1.807, 2.05) is 0 Å². The molecule has 0 aromatic heterocycles. The van der Waals surface area contributed by atoms with Gasteiger partial charge >= 0.3 is 0 Å². The molecule has 1 saturated carbocycles. The summed E-state index contributed by atoms with van der Waals surface area (Å²) in [6.45, 7) is 10.7. The summed E-state index contributed by atoms with van der Waals surface area (Å²) < 4.78 is 0. The van der Waals surface area contributed by atoms with Gasteiger partial charge in [-0.1, -0.05) is 64.4 Å². The minimum absolute atomic E-state index is 0.530. The molecule has 0 saturated heterocycles. The minimum Gasteiger partial charge on any atom is -0.313 e. The van der Waals surface area contributed by atoms with Gasteiger partial charge in [0.05, 0.1) is 0 Å². The van der Waals surface area contributed by atoms with Crippen molar-refractivity contribution >= 4 is 0 Å². The van der Waals surface area contributed by atoms with Crippen LogP contribution < -0.4 is 5.32 Å². The maximum atomic E-state index is 3.81. The summed E-state index contributed by atoms with van der Waals surface area (Å²) in [5.74, 6) is 1.53. The van der Waals surface area contributed by atoms with Crippen molar-refractivity contribution in [2.75, 3.05) is 6.54 Å². The third-order valence-corrected chi connectivity index (χ3v) is 5.82. The van der Waals surface area contributed by atoms with Crippen LogP contribution in [-0.4, -0.2) is 12.6 Å². The molecule has 1 N–H and O–H groups in total. The first kappa shape index (κ1) is 16.5. The number of benzene rings is 1. The first-order valence-electron chi connectivity index (χ1n) is 8.81. The molecule has 0 radical (unpaired) electrons. The molecule has 0 bridgehead atoms. The molecule has 21 heavy (non-hydrogen) atoms. The Hall–Kier alpha value is -0.820. The van der Waals surface area contributed by atoms with Gasteiger partial charge in [-0.05, 0) is 48.5 Å². The highest BCUT2D eigenvalue weighted by molar-refractivity contribution is 5.19. The van der Waals surface area contributed by atoms with E-state index in [4.69, 9.17) is 0 Å². The summed E-state index contributed by atoms with van der Waals surface area (Å²) in [7, 11) is 0. The Balaban J connectivity index is 1.74. The van der Waals surface area contributed by atoms with Gasteiger partial charge in [-0.2, -0.15) is 0 Å². The van der Waals surface area contributed by atoms with E-state index in [1.165, 1.54) is 37.7 Å². The number of nitrogens with one attached hydrogen (secondary N) is 1. The van der Waals surface area contributed by atoms with Crippen molar-refractivity contribution in [3.8, 4) is 0 Å². The van der Waals surface area contributed by atoms with Crippen LogP contribution in [0.1, 0.15) is 71.3 Å². The molecule has 1 aromatic carbocycles. The first-order chi connectivity index (χ1) is 10.0. The van der Waals surface area contributed by atoms with Crippen LogP contribution in [0.5, 0.6) is 0 Å². The van der Waals surface area contributed by atoms with Crippen LogP contribution in [0, 0.1) is 11.3 Å². The maximum absolute atomic E-state index is 3.81. The summed E-state index contributed by atoms with van der Waals surface area (Å²) in [6, 6.07) is 11.6. The molecule has 1 fully saturated rings. The van der Waals surface area contributed by atoms with Crippen LogP contribution in [-0.2, 0) is 0 Å². The topological polar surface area (TPSA) is 12.0 Å². The average molecular weight is 287 g/mol. The van der Waals surface area contributed by atoms with Gasteiger partial charge in [0.2, 0.25) is 0 Å². The highest BCUT2D eigenvalue weighted by Crippen LogP contribution is 2.40. The molecule has 1 aromatic rings. The SMILES string of the molecule is CCC(C)(C)C1CCC(NCC(C)c2ccccc2)CC1. The zero-order valence-corrected chi connectivity index (χ0v) is 14.4. The highest BCUT2D eigenvalue weighted by Gasteiger charge is 2.31. The highest BCUT2D eigenvalue weighted by atomic mass is 14.9. The van der Waals surface area contributed by atoms with Gasteiger partial charge in [-0.25, -0.2) is 0 Å². The van der Waals surface area contributed by atoms with Crippen LogP contribution in [0.2, 0.25) is 0 Å². The molecule has 118 valence electrons. The quantitative estimate of drug-likeness (QED) is 0.741. The van der Waals surface area contributed by atoms with E-state index in [2.05, 4.69) is 63.3 Å². The van der Waals surface area contributed by atoms with Crippen LogP contribution >= 0.6 is 0 Å². The lowest BCUT2D eigenvalue weighted by atomic mass is 9.69. The molecule has 1 aliphatic carbocycles. The smallest absolute Gasteiger partial charge is 0.00675 e. The maximum Gasteiger partial charge on any atom is 0.00675 e. The number of hydrogen-bond donors (Lipinski definition) is 1. The third-order valence-electron chi connectivity index (χ3n) is 5.82. The van der Waals surface area contributed by atoms with Gasteiger partial charge in [0.1, 0.15) is 0 Å².